The van der Waals surface area contributed by atoms with E-state index in [1.165, 1.54) is 18.5 Å². The number of nitrogens with one attached hydrogen (secondary N) is 1. The minimum Gasteiger partial charge on any atom is -0.492 e. The van der Waals surface area contributed by atoms with Gasteiger partial charge in [-0.25, -0.2) is 4.39 Å². The van der Waals surface area contributed by atoms with E-state index in [9.17, 15) is 4.39 Å². The van der Waals surface area contributed by atoms with Crippen molar-refractivity contribution < 1.29 is 13.9 Å². The Kier molecular flexibility index (Phi) is 7.36. The third-order valence-electron chi connectivity index (χ3n) is 5.69. The molecule has 1 saturated carbocycles. The number of pyridine rings is 1. The zero-order valence-corrected chi connectivity index (χ0v) is 19.7. The minimum atomic E-state index is -0.387. The Hall–Kier alpha value is -2.83. The minimum absolute atomic E-state index is 0.0336. The second-order valence-electron chi connectivity index (χ2n) is 7.84. The number of methoxy groups -OCH3 is 1. The van der Waals surface area contributed by atoms with Crippen molar-refractivity contribution in [2.24, 2.45) is 0 Å². The first-order valence-corrected chi connectivity index (χ1v) is 11.5. The van der Waals surface area contributed by atoms with Crippen molar-refractivity contribution in [1.29, 1.82) is 5.41 Å². The van der Waals surface area contributed by atoms with Crippen LogP contribution in [0, 0.1) is 11.2 Å². The standard InChI is InChI=1S/C25H24Cl2FN3O2/c1-32-24-18(10-6-12-22(24)33-17-8-3-4-9-17)25(29)31(15-16-7-2-5-11-21(16)28)23-19(26)13-30-14-20(23)27/h2,5-7,10-14,17,29H,3-4,8-9,15H2,1H3. The molecule has 0 unspecified atom stereocenters. The average molecular weight is 488 g/mol. The Bertz CT molecular complexity index is 1130. The number of anilines is 1. The first kappa shape index (κ1) is 23.3. The van der Waals surface area contributed by atoms with E-state index in [1.54, 1.807) is 36.3 Å². The summed E-state index contributed by atoms with van der Waals surface area (Å²) in [6, 6.07) is 11.8. The first-order valence-electron chi connectivity index (χ1n) is 10.7. The molecule has 2 aromatic carbocycles. The van der Waals surface area contributed by atoms with Gasteiger partial charge in [0.25, 0.3) is 0 Å². The molecular formula is C25H24Cl2FN3O2. The predicted octanol–water partition coefficient (Wildman–Crippen LogP) is 6.89. The molecule has 5 nitrogen and oxygen atoms in total. The second-order valence-corrected chi connectivity index (χ2v) is 8.65. The van der Waals surface area contributed by atoms with Crippen LogP contribution in [0.15, 0.2) is 54.9 Å². The van der Waals surface area contributed by atoms with Crippen LogP contribution in [-0.2, 0) is 6.54 Å². The van der Waals surface area contributed by atoms with E-state index in [2.05, 4.69) is 4.98 Å². The summed E-state index contributed by atoms with van der Waals surface area (Å²) in [6.45, 7) is 0.0336. The lowest BCUT2D eigenvalue weighted by molar-refractivity contribution is 0.200. The molecular weight excluding hydrogens is 464 g/mol. The lowest BCUT2D eigenvalue weighted by atomic mass is 10.1. The molecule has 1 heterocycles. The van der Waals surface area contributed by atoms with Crippen LogP contribution in [0.1, 0.15) is 36.8 Å². The van der Waals surface area contributed by atoms with E-state index in [0.717, 1.165) is 25.7 Å². The van der Waals surface area contributed by atoms with Gasteiger partial charge in [0.1, 0.15) is 11.7 Å². The molecule has 3 aromatic rings. The summed E-state index contributed by atoms with van der Waals surface area (Å²) in [4.78, 5) is 5.57. The van der Waals surface area contributed by atoms with E-state index in [-0.39, 0.29) is 34.3 Å². The first-order chi connectivity index (χ1) is 16.0. The molecule has 172 valence electrons. The van der Waals surface area contributed by atoms with Crippen LogP contribution in [0.3, 0.4) is 0 Å². The highest BCUT2D eigenvalue weighted by atomic mass is 35.5. The molecule has 0 atom stereocenters. The van der Waals surface area contributed by atoms with Crippen LogP contribution in [0.25, 0.3) is 0 Å². The van der Waals surface area contributed by atoms with Crippen LogP contribution in [0.2, 0.25) is 10.0 Å². The normalized spacial score (nSPS) is 13.7. The van der Waals surface area contributed by atoms with Gasteiger partial charge >= 0.3 is 0 Å². The number of benzene rings is 2. The Labute approximate surface area is 202 Å². The molecule has 0 aliphatic heterocycles. The molecule has 0 amide bonds. The van der Waals surface area contributed by atoms with Crippen LogP contribution in [-0.4, -0.2) is 24.0 Å². The number of hydrogen-bond donors (Lipinski definition) is 1. The van der Waals surface area contributed by atoms with Crippen molar-refractivity contribution in [3.8, 4) is 11.5 Å². The van der Waals surface area contributed by atoms with Gasteiger partial charge in [-0.2, -0.15) is 0 Å². The second kappa shape index (κ2) is 10.4. The number of rotatable bonds is 7. The van der Waals surface area contributed by atoms with Crippen molar-refractivity contribution in [1.82, 2.24) is 4.98 Å². The van der Waals surface area contributed by atoms with Crippen LogP contribution in [0.4, 0.5) is 10.1 Å². The third-order valence-corrected chi connectivity index (χ3v) is 6.24. The summed E-state index contributed by atoms with van der Waals surface area (Å²) in [5, 5.41) is 9.59. The molecule has 1 fully saturated rings. The summed E-state index contributed by atoms with van der Waals surface area (Å²) >= 11 is 12.9. The van der Waals surface area contributed by atoms with E-state index in [1.807, 2.05) is 12.1 Å². The number of halogens is 3. The van der Waals surface area contributed by atoms with Crippen molar-refractivity contribution in [2.75, 3.05) is 12.0 Å². The Balaban J connectivity index is 1.77. The highest BCUT2D eigenvalue weighted by Crippen LogP contribution is 2.39. The molecule has 1 aliphatic carbocycles. The Morgan fingerprint density at radius 2 is 1.79 bits per heavy atom. The number of aromatic nitrogens is 1. The lowest BCUT2D eigenvalue weighted by Gasteiger charge is -2.28. The van der Waals surface area contributed by atoms with Gasteiger partial charge in [0.15, 0.2) is 11.5 Å². The molecule has 0 bridgehead atoms. The maximum Gasteiger partial charge on any atom is 0.171 e. The summed E-state index contributed by atoms with van der Waals surface area (Å²) in [5.41, 5.74) is 1.24. The average Bonchev–Trinajstić information content (AvgIpc) is 3.32. The summed E-state index contributed by atoms with van der Waals surface area (Å²) in [7, 11) is 1.54. The fourth-order valence-corrected chi connectivity index (χ4v) is 4.63. The third kappa shape index (κ3) is 5.07. The SMILES string of the molecule is COc1c(OC2CCCC2)cccc1C(=N)N(Cc1ccccc1F)c1c(Cl)cncc1Cl. The molecule has 1 aromatic heterocycles. The number of para-hydroxylation sites is 1. The lowest BCUT2D eigenvalue weighted by Crippen LogP contribution is -2.32. The van der Waals surface area contributed by atoms with Gasteiger partial charge in [-0.15, -0.1) is 0 Å². The van der Waals surface area contributed by atoms with E-state index < -0.39 is 0 Å². The molecule has 8 heteroatoms. The number of ether oxygens (including phenoxy) is 2. The van der Waals surface area contributed by atoms with Gasteiger partial charge in [0.2, 0.25) is 0 Å². The molecule has 0 saturated heterocycles. The molecule has 1 aliphatic rings. The van der Waals surface area contributed by atoms with Gasteiger partial charge in [-0.1, -0.05) is 47.5 Å². The van der Waals surface area contributed by atoms with E-state index >= 15 is 0 Å². The topological polar surface area (TPSA) is 58.4 Å². The number of hydrogen-bond acceptors (Lipinski definition) is 4. The molecule has 1 N–H and O–H groups in total. The Morgan fingerprint density at radius 3 is 2.45 bits per heavy atom. The van der Waals surface area contributed by atoms with Crippen LogP contribution in [0.5, 0.6) is 11.5 Å². The maximum absolute atomic E-state index is 14.5. The monoisotopic (exact) mass is 487 g/mol. The number of nitrogens with zero attached hydrogens (tertiary/aromatic N) is 2. The molecule has 0 spiro atoms. The largest absolute Gasteiger partial charge is 0.492 e. The molecule has 0 radical (unpaired) electrons. The summed E-state index contributed by atoms with van der Waals surface area (Å²) in [5.74, 6) is 0.669. The zero-order valence-electron chi connectivity index (χ0n) is 18.2. The van der Waals surface area contributed by atoms with Crippen molar-refractivity contribution in [2.45, 2.75) is 38.3 Å². The fourth-order valence-electron chi connectivity index (χ4n) is 4.07. The van der Waals surface area contributed by atoms with Gasteiger partial charge in [-0.3, -0.25) is 10.4 Å². The van der Waals surface area contributed by atoms with Crippen LogP contribution >= 0.6 is 23.2 Å². The fraction of sp³-hybridized carbons (Fsp3) is 0.280. The number of amidine groups is 1. The van der Waals surface area contributed by atoms with Crippen molar-refractivity contribution in [3.05, 3.63) is 81.8 Å². The quantitative estimate of drug-likeness (QED) is 0.291. The van der Waals surface area contributed by atoms with E-state index in [4.69, 9.17) is 38.1 Å². The predicted molar refractivity (Wildman–Crippen MR) is 130 cm³/mol. The summed E-state index contributed by atoms with van der Waals surface area (Å²) in [6.07, 6.45) is 7.28. The summed E-state index contributed by atoms with van der Waals surface area (Å²) < 4.78 is 26.4. The van der Waals surface area contributed by atoms with Gasteiger partial charge < -0.3 is 14.4 Å². The van der Waals surface area contributed by atoms with Crippen LogP contribution < -0.4 is 14.4 Å². The van der Waals surface area contributed by atoms with Gasteiger partial charge in [0, 0.05) is 18.0 Å². The van der Waals surface area contributed by atoms with Crippen molar-refractivity contribution >= 4 is 34.7 Å². The highest BCUT2D eigenvalue weighted by molar-refractivity contribution is 6.40. The van der Waals surface area contributed by atoms with E-state index in [0.29, 0.717) is 28.3 Å². The van der Waals surface area contributed by atoms with Crippen molar-refractivity contribution in [3.63, 3.8) is 0 Å². The zero-order chi connectivity index (χ0) is 23.4. The molecule has 4 rings (SSSR count). The molecule has 33 heavy (non-hydrogen) atoms. The van der Waals surface area contributed by atoms with Gasteiger partial charge in [-0.05, 0) is 43.9 Å². The van der Waals surface area contributed by atoms with Gasteiger partial charge in [0.05, 0.1) is 41.1 Å². The smallest absolute Gasteiger partial charge is 0.171 e. The Morgan fingerprint density at radius 1 is 1.09 bits per heavy atom. The maximum atomic E-state index is 14.5. The highest BCUT2D eigenvalue weighted by Gasteiger charge is 2.26.